The summed E-state index contributed by atoms with van der Waals surface area (Å²) in [7, 11) is 1.44. The largest absolute Gasteiger partial charge is 0.494 e. The second kappa shape index (κ2) is 9.75. The van der Waals surface area contributed by atoms with E-state index in [4.69, 9.17) is 20.9 Å². The highest BCUT2D eigenvalue weighted by Gasteiger charge is 2.10. The Morgan fingerprint density at radius 3 is 2.37 bits per heavy atom. The SMILES string of the molecule is CCCN(CCC)c1ccc(N)c(OCNc2cc(F)c(N)c(OC)c2)c1. The van der Waals surface area contributed by atoms with Gasteiger partial charge < -0.3 is 31.2 Å². The van der Waals surface area contributed by atoms with Gasteiger partial charge in [0.15, 0.2) is 12.5 Å². The van der Waals surface area contributed by atoms with Gasteiger partial charge in [-0.1, -0.05) is 13.8 Å². The van der Waals surface area contributed by atoms with Gasteiger partial charge in [-0.2, -0.15) is 0 Å². The number of hydrogen-bond acceptors (Lipinski definition) is 6. The number of nitrogens with one attached hydrogen (secondary N) is 1. The second-order valence-electron chi connectivity index (χ2n) is 6.25. The number of halogens is 1. The van der Waals surface area contributed by atoms with Crippen molar-refractivity contribution in [1.29, 1.82) is 0 Å². The van der Waals surface area contributed by atoms with Crippen LogP contribution in [0.4, 0.5) is 27.1 Å². The minimum absolute atomic E-state index is 0.0205. The summed E-state index contributed by atoms with van der Waals surface area (Å²) in [5.74, 6) is 0.307. The molecule has 2 aromatic carbocycles. The number of ether oxygens (including phenoxy) is 2. The molecule has 0 bridgehead atoms. The van der Waals surface area contributed by atoms with Gasteiger partial charge in [-0.05, 0) is 31.0 Å². The Morgan fingerprint density at radius 1 is 1.04 bits per heavy atom. The van der Waals surface area contributed by atoms with E-state index in [1.807, 2.05) is 18.2 Å². The third-order valence-corrected chi connectivity index (χ3v) is 4.16. The number of nitrogen functional groups attached to an aromatic ring is 2. The van der Waals surface area contributed by atoms with E-state index in [0.717, 1.165) is 31.6 Å². The van der Waals surface area contributed by atoms with Crippen LogP contribution in [0.15, 0.2) is 30.3 Å². The fourth-order valence-corrected chi connectivity index (χ4v) is 2.82. The van der Waals surface area contributed by atoms with Crippen LogP contribution in [0.1, 0.15) is 26.7 Å². The molecule has 0 spiro atoms. The minimum atomic E-state index is -0.548. The summed E-state index contributed by atoms with van der Waals surface area (Å²) in [5.41, 5.74) is 13.8. The highest BCUT2D eigenvalue weighted by molar-refractivity contribution is 5.63. The van der Waals surface area contributed by atoms with Crippen LogP contribution in [0.25, 0.3) is 0 Å². The van der Waals surface area contributed by atoms with Gasteiger partial charge in [0.25, 0.3) is 0 Å². The molecule has 0 atom stereocenters. The molecule has 5 N–H and O–H groups in total. The lowest BCUT2D eigenvalue weighted by molar-refractivity contribution is 0.348. The van der Waals surface area contributed by atoms with E-state index in [9.17, 15) is 4.39 Å². The number of nitrogens with zero attached hydrogens (tertiary/aromatic N) is 1. The molecule has 7 heteroatoms. The maximum absolute atomic E-state index is 13.8. The zero-order valence-corrected chi connectivity index (χ0v) is 16.2. The second-order valence-corrected chi connectivity index (χ2v) is 6.25. The van der Waals surface area contributed by atoms with Crippen molar-refractivity contribution in [3.8, 4) is 11.5 Å². The van der Waals surface area contributed by atoms with Crippen molar-refractivity contribution in [2.75, 3.05) is 48.6 Å². The lowest BCUT2D eigenvalue weighted by Gasteiger charge is -2.24. The Labute approximate surface area is 160 Å². The summed E-state index contributed by atoms with van der Waals surface area (Å²) in [4.78, 5) is 2.31. The van der Waals surface area contributed by atoms with Crippen LogP contribution < -0.4 is 31.2 Å². The molecule has 0 amide bonds. The first-order valence-electron chi connectivity index (χ1n) is 9.14. The van der Waals surface area contributed by atoms with E-state index in [1.165, 1.54) is 13.2 Å². The van der Waals surface area contributed by atoms with E-state index in [-0.39, 0.29) is 18.2 Å². The van der Waals surface area contributed by atoms with Crippen molar-refractivity contribution in [2.24, 2.45) is 0 Å². The summed E-state index contributed by atoms with van der Waals surface area (Å²) in [5, 5.41) is 3.00. The lowest BCUT2D eigenvalue weighted by atomic mass is 10.2. The molecule has 27 heavy (non-hydrogen) atoms. The Bertz CT molecular complexity index is 749. The molecule has 148 valence electrons. The van der Waals surface area contributed by atoms with Crippen molar-refractivity contribution < 1.29 is 13.9 Å². The fraction of sp³-hybridized carbons (Fsp3) is 0.400. The normalized spacial score (nSPS) is 10.5. The quantitative estimate of drug-likeness (QED) is 0.428. The summed E-state index contributed by atoms with van der Waals surface area (Å²) in [6, 6.07) is 8.69. The standard InChI is InChI=1S/C20H29FN4O2/c1-4-8-25(9-5-2)15-6-7-17(22)18(12-15)27-13-24-14-10-16(21)20(23)19(11-14)26-3/h6-7,10-12,24H,4-5,8-9,13,22-23H2,1-3H3. The molecular formula is C20H29FN4O2. The van der Waals surface area contributed by atoms with E-state index >= 15 is 0 Å². The van der Waals surface area contributed by atoms with Crippen LogP contribution >= 0.6 is 0 Å². The Kier molecular flexibility index (Phi) is 7.40. The highest BCUT2D eigenvalue weighted by Crippen LogP contribution is 2.30. The highest BCUT2D eigenvalue weighted by atomic mass is 19.1. The molecule has 0 saturated heterocycles. The summed E-state index contributed by atoms with van der Waals surface area (Å²) >= 11 is 0. The molecule has 0 heterocycles. The number of nitrogens with two attached hydrogens (primary N) is 2. The number of methoxy groups -OCH3 is 1. The molecule has 2 rings (SSSR count). The maximum atomic E-state index is 13.8. The van der Waals surface area contributed by atoms with Gasteiger partial charge in [-0.25, -0.2) is 4.39 Å². The molecule has 6 nitrogen and oxygen atoms in total. The van der Waals surface area contributed by atoms with Crippen molar-refractivity contribution in [3.05, 3.63) is 36.1 Å². The monoisotopic (exact) mass is 376 g/mol. The van der Waals surface area contributed by atoms with Gasteiger partial charge in [0.1, 0.15) is 17.2 Å². The first-order chi connectivity index (χ1) is 13.0. The third-order valence-electron chi connectivity index (χ3n) is 4.16. The first kappa shape index (κ1) is 20.5. The van der Waals surface area contributed by atoms with Crippen LogP contribution in [0.2, 0.25) is 0 Å². The van der Waals surface area contributed by atoms with Crippen LogP contribution in [0.3, 0.4) is 0 Å². The third kappa shape index (κ3) is 5.32. The zero-order chi connectivity index (χ0) is 19.8. The predicted octanol–water partition coefficient (Wildman–Crippen LogP) is 4.07. The van der Waals surface area contributed by atoms with Crippen molar-refractivity contribution >= 4 is 22.7 Å². The Hall–Kier alpha value is -2.83. The summed E-state index contributed by atoms with van der Waals surface area (Å²) in [6.45, 7) is 6.38. The summed E-state index contributed by atoms with van der Waals surface area (Å²) in [6.07, 6.45) is 2.12. The van der Waals surface area contributed by atoms with E-state index in [2.05, 4.69) is 24.1 Å². The fourth-order valence-electron chi connectivity index (χ4n) is 2.82. The summed E-state index contributed by atoms with van der Waals surface area (Å²) < 4.78 is 24.7. The minimum Gasteiger partial charge on any atom is -0.494 e. The van der Waals surface area contributed by atoms with Gasteiger partial charge in [0.2, 0.25) is 0 Å². The van der Waals surface area contributed by atoms with E-state index < -0.39 is 5.82 Å². The molecule has 2 aromatic rings. The zero-order valence-electron chi connectivity index (χ0n) is 16.2. The van der Waals surface area contributed by atoms with Gasteiger partial charge in [-0.15, -0.1) is 0 Å². The Balaban J connectivity index is 2.07. The van der Waals surface area contributed by atoms with E-state index in [1.54, 1.807) is 6.07 Å². The number of rotatable bonds is 10. The molecule has 0 saturated carbocycles. The van der Waals surface area contributed by atoms with Crippen molar-refractivity contribution in [3.63, 3.8) is 0 Å². The first-order valence-corrected chi connectivity index (χ1v) is 9.14. The lowest BCUT2D eigenvalue weighted by Crippen LogP contribution is -2.24. The average Bonchev–Trinajstić information content (AvgIpc) is 2.65. The van der Waals surface area contributed by atoms with Gasteiger partial charge in [-0.3, -0.25) is 0 Å². The van der Waals surface area contributed by atoms with Gasteiger partial charge in [0, 0.05) is 36.6 Å². The average molecular weight is 376 g/mol. The molecule has 0 fully saturated rings. The molecule has 0 aliphatic rings. The van der Waals surface area contributed by atoms with Crippen molar-refractivity contribution in [1.82, 2.24) is 0 Å². The topological polar surface area (TPSA) is 85.8 Å². The molecule has 0 aliphatic heterocycles. The van der Waals surface area contributed by atoms with Crippen LogP contribution in [-0.4, -0.2) is 26.9 Å². The number of hydrogen-bond donors (Lipinski definition) is 3. The smallest absolute Gasteiger partial charge is 0.159 e. The van der Waals surface area contributed by atoms with Gasteiger partial charge in [0.05, 0.1) is 12.8 Å². The molecule has 0 aromatic heterocycles. The molecule has 0 radical (unpaired) electrons. The number of anilines is 4. The Morgan fingerprint density at radius 2 is 1.74 bits per heavy atom. The van der Waals surface area contributed by atoms with Crippen molar-refractivity contribution in [2.45, 2.75) is 26.7 Å². The molecule has 0 unspecified atom stereocenters. The van der Waals surface area contributed by atoms with E-state index in [0.29, 0.717) is 17.1 Å². The molecule has 0 aliphatic carbocycles. The molecular weight excluding hydrogens is 347 g/mol. The van der Waals surface area contributed by atoms with Crippen LogP contribution in [0, 0.1) is 5.82 Å². The number of benzene rings is 2. The van der Waals surface area contributed by atoms with Crippen LogP contribution in [0.5, 0.6) is 11.5 Å². The predicted molar refractivity (Wildman–Crippen MR) is 110 cm³/mol. The van der Waals surface area contributed by atoms with Gasteiger partial charge >= 0.3 is 0 Å². The van der Waals surface area contributed by atoms with Crippen LogP contribution in [-0.2, 0) is 0 Å². The maximum Gasteiger partial charge on any atom is 0.159 e.